The van der Waals surface area contributed by atoms with E-state index in [1.807, 2.05) is 0 Å². The number of nitrogens with zero attached hydrogens (tertiary/aromatic N) is 1. The first-order chi connectivity index (χ1) is 8.06. The third kappa shape index (κ3) is 2.60. The monoisotopic (exact) mass is 251 g/mol. The second-order valence-electron chi connectivity index (χ2n) is 3.40. The molecule has 5 heteroatoms. The lowest BCUT2D eigenvalue weighted by atomic mass is 10.1. The van der Waals surface area contributed by atoms with E-state index in [4.69, 9.17) is 16.7 Å². The lowest BCUT2D eigenvalue weighted by molar-refractivity contribution is 0.0690. The standard InChI is InChI=1S/C12H7ClFNO2/c13-9-3-8(4-10(14)5-9)7-1-2-11(12(16)17)15-6-7/h1-6H,(H,16,17). The van der Waals surface area contributed by atoms with Crippen LogP contribution in [0.1, 0.15) is 10.5 Å². The maximum absolute atomic E-state index is 13.1. The largest absolute Gasteiger partial charge is 0.477 e. The van der Waals surface area contributed by atoms with E-state index in [2.05, 4.69) is 4.98 Å². The van der Waals surface area contributed by atoms with Crippen molar-refractivity contribution in [2.45, 2.75) is 0 Å². The number of pyridine rings is 1. The van der Waals surface area contributed by atoms with Gasteiger partial charge < -0.3 is 5.11 Å². The minimum Gasteiger partial charge on any atom is -0.477 e. The number of carbonyl (C=O) groups is 1. The Labute approximate surface area is 101 Å². The maximum atomic E-state index is 13.1. The summed E-state index contributed by atoms with van der Waals surface area (Å²) in [7, 11) is 0. The first-order valence-corrected chi connectivity index (χ1v) is 5.10. The van der Waals surface area contributed by atoms with E-state index < -0.39 is 11.8 Å². The van der Waals surface area contributed by atoms with Gasteiger partial charge >= 0.3 is 5.97 Å². The molecule has 0 amide bonds. The molecule has 0 saturated heterocycles. The molecule has 1 heterocycles. The van der Waals surface area contributed by atoms with Gasteiger partial charge in [0.2, 0.25) is 0 Å². The van der Waals surface area contributed by atoms with Gasteiger partial charge in [-0.1, -0.05) is 17.7 Å². The van der Waals surface area contributed by atoms with Crippen LogP contribution in [0.4, 0.5) is 4.39 Å². The average molecular weight is 252 g/mol. The molecule has 1 aromatic heterocycles. The van der Waals surface area contributed by atoms with Gasteiger partial charge in [-0.2, -0.15) is 0 Å². The average Bonchev–Trinajstić information content (AvgIpc) is 2.28. The fraction of sp³-hybridized carbons (Fsp3) is 0. The van der Waals surface area contributed by atoms with Crippen LogP contribution >= 0.6 is 11.6 Å². The highest BCUT2D eigenvalue weighted by Gasteiger charge is 2.06. The van der Waals surface area contributed by atoms with E-state index in [-0.39, 0.29) is 10.7 Å². The molecule has 0 aliphatic rings. The first-order valence-electron chi connectivity index (χ1n) is 4.72. The summed E-state index contributed by atoms with van der Waals surface area (Å²) in [6.45, 7) is 0. The number of aromatic carboxylic acids is 1. The summed E-state index contributed by atoms with van der Waals surface area (Å²) in [4.78, 5) is 14.4. The number of benzene rings is 1. The lowest BCUT2D eigenvalue weighted by Crippen LogP contribution is -1.99. The summed E-state index contributed by atoms with van der Waals surface area (Å²) in [6.07, 6.45) is 1.37. The third-order valence-corrected chi connectivity index (χ3v) is 2.40. The van der Waals surface area contributed by atoms with Crippen LogP contribution in [0.25, 0.3) is 11.1 Å². The van der Waals surface area contributed by atoms with Crippen molar-refractivity contribution in [3.63, 3.8) is 0 Å². The molecule has 1 N–H and O–H groups in total. The minimum atomic E-state index is -1.10. The summed E-state index contributed by atoms with van der Waals surface area (Å²) >= 11 is 5.73. The van der Waals surface area contributed by atoms with Gasteiger partial charge in [0.25, 0.3) is 0 Å². The lowest BCUT2D eigenvalue weighted by Gasteiger charge is -2.03. The molecule has 0 fully saturated rings. The number of hydrogen-bond donors (Lipinski definition) is 1. The SMILES string of the molecule is O=C(O)c1ccc(-c2cc(F)cc(Cl)c2)cn1. The van der Waals surface area contributed by atoms with Crippen molar-refractivity contribution >= 4 is 17.6 Å². The number of hydrogen-bond acceptors (Lipinski definition) is 2. The number of rotatable bonds is 2. The highest BCUT2D eigenvalue weighted by molar-refractivity contribution is 6.30. The topological polar surface area (TPSA) is 50.2 Å². The Balaban J connectivity index is 2.43. The zero-order valence-corrected chi connectivity index (χ0v) is 9.28. The van der Waals surface area contributed by atoms with Gasteiger partial charge in [0.1, 0.15) is 11.5 Å². The van der Waals surface area contributed by atoms with E-state index in [9.17, 15) is 9.18 Å². The maximum Gasteiger partial charge on any atom is 0.354 e. The Kier molecular flexibility index (Phi) is 3.06. The van der Waals surface area contributed by atoms with E-state index in [0.29, 0.717) is 11.1 Å². The molecule has 0 aliphatic carbocycles. The van der Waals surface area contributed by atoms with Crippen LogP contribution in [0.2, 0.25) is 5.02 Å². The van der Waals surface area contributed by atoms with Gasteiger partial charge in [-0.25, -0.2) is 14.2 Å². The Hall–Kier alpha value is -1.94. The predicted octanol–water partition coefficient (Wildman–Crippen LogP) is 3.24. The highest BCUT2D eigenvalue weighted by Crippen LogP contribution is 2.23. The van der Waals surface area contributed by atoms with E-state index in [1.165, 1.54) is 24.4 Å². The summed E-state index contributed by atoms with van der Waals surface area (Å²) in [6, 6.07) is 7.01. The summed E-state index contributed by atoms with van der Waals surface area (Å²) < 4.78 is 13.1. The fourth-order valence-corrected chi connectivity index (χ4v) is 1.63. The zero-order chi connectivity index (χ0) is 12.4. The molecule has 0 bridgehead atoms. The molecule has 3 nitrogen and oxygen atoms in total. The predicted molar refractivity (Wildman–Crippen MR) is 61.6 cm³/mol. The Morgan fingerprint density at radius 2 is 2.00 bits per heavy atom. The van der Waals surface area contributed by atoms with Gasteiger partial charge in [-0.05, 0) is 29.8 Å². The van der Waals surface area contributed by atoms with Crippen molar-refractivity contribution in [1.29, 1.82) is 0 Å². The Morgan fingerprint density at radius 1 is 1.24 bits per heavy atom. The Bertz CT molecular complexity index is 549. The molecule has 0 unspecified atom stereocenters. The van der Waals surface area contributed by atoms with Crippen LogP contribution in [0.15, 0.2) is 36.5 Å². The fourth-order valence-electron chi connectivity index (χ4n) is 1.41. The molecule has 1 aromatic carbocycles. The number of halogens is 2. The van der Waals surface area contributed by atoms with Gasteiger partial charge in [-0.15, -0.1) is 0 Å². The van der Waals surface area contributed by atoms with Crippen molar-refractivity contribution < 1.29 is 14.3 Å². The van der Waals surface area contributed by atoms with Gasteiger partial charge in [0.15, 0.2) is 0 Å². The number of carboxylic acids is 1. The molecule has 2 rings (SSSR count). The molecule has 2 aromatic rings. The quantitative estimate of drug-likeness (QED) is 0.891. The normalized spacial score (nSPS) is 10.2. The molecule has 17 heavy (non-hydrogen) atoms. The molecule has 0 aliphatic heterocycles. The summed E-state index contributed by atoms with van der Waals surface area (Å²) in [5.41, 5.74) is 1.10. The van der Waals surface area contributed by atoms with Crippen molar-refractivity contribution in [2.24, 2.45) is 0 Å². The van der Waals surface area contributed by atoms with E-state index in [0.717, 1.165) is 0 Å². The van der Waals surface area contributed by atoms with Crippen molar-refractivity contribution in [1.82, 2.24) is 4.98 Å². The molecular weight excluding hydrogens is 245 g/mol. The first kappa shape index (κ1) is 11.5. The van der Waals surface area contributed by atoms with Crippen LogP contribution in [0, 0.1) is 5.82 Å². The van der Waals surface area contributed by atoms with Crippen LogP contribution < -0.4 is 0 Å². The van der Waals surface area contributed by atoms with Crippen molar-refractivity contribution in [3.05, 3.63) is 53.1 Å². The van der Waals surface area contributed by atoms with Gasteiger partial charge in [-0.3, -0.25) is 0 Å². The molecule has 0 spiro atoms. The Morgan fingerprint density at radius 3 is 2.53 bits per heavy atom. The van der Waals surface area contributed by atoms with Crippen LogP contribution in [-0.4, -0.2) is 16.1 Å². The van der Waals surface area contributed by atoms with E-state index >= 15 is 0 Å². The minimum absolute atomic E-state index is 0.0590. The zero-order valence-electron chi connectivity index (χ0n) is 8.52. The molecular formula is C12H7ClFNO2. The summed E-state index contributed by atoms with van der Waals surface area (Å²) in [5, 5.41) is 8.97. The van der Waals surface area contributed by atoms with Gasteiger partial charge in [0.05, 0.1) is 0 Å². The van der Waals surface area contributed by atoms with E-state index in [1.54, 1.807) is 12.1 Å². The van der Waals surface area contributed by atoms with Crippen LogP contribution in [0.3, 0.4) is 0 Å². The molecule has 86 valence electrons. The molecule has 0 saturated carbocycles. The number of aromatic nitrogens is 1. The van der Waals surface area contributed by atoms with Crippen LogP contribution in [-0.2, 0) is 0 Å². The van der Waals surface area contributed by atoms with Gasteiger partial charge in [0, 0.05) is 16.8 Å². The summed E-state index contributed by atoms with van der Waals surface area (Å²) in [5.74, 6) is -1.55. The van der Waals surface area contributed by atoms with Crippen molar-refractivity contribution in [3.8, 4) is 11.1 Å². The number of carboxylic acid groups (broad SMARTS) is 1. The molecule has 0 radical (unpaired) electrons. The second kappa shape index (κ2) is 4.51. The highest BCUT2D eigenvalue weighted by atomic mass is 35.5. The molecule has 0 atom stereocenters. The third-order valence-electron chi connectivity index (χ3n) is 2.18. The second-order valence-corrected chi connectivity index (χ2v) is 3.83. The van der Waals surface area contributed by atoms with Crippen molar-refractivity contribution in [2.75, 3.05) is 0 Å². The van der Waals surface area contributed by atoms with Crippen LogP contribution in [0.5, 0.6) is 0 Å². The smallest absolute Gasteiger partial charge is 0.354 e.